The van der Waals surface area contributed by atoms with Crippen molar-refractivity contribution in [3.05, 3.63) is 98.4 Å². The summed E-state index contributed by atoms with van der Waals surface area (Å²) in [4.78, 5) is 40.6. The summed E-state index contributed by atoms with van der Waals surface area (Å²) in [6.45, 7) is 1.47. The fourth-order valence-corrected chi connectivity index (χ4v) is 4.58. The highest BCUT2D eigenvalue weighted by Gasteiger charge is 2.44. The van der Waals surface area contributed by atoms with Crippen LogP contribution in [0.25, 0.3) is 11.0 Å². The summed E-state index contributed by atoms with van der Waals surface area (Å²) in [6.07, 6.45) is 0. The van der Waals surface area contributed by atoms with E-state index >= 15 is 0 Å². The van der Waals surface area contributed by atoms with Gasteiger partial charge >= 0.3 is 0 Å². The maximum Gasteiger partial charge on any atom is 0.295 e. The molecular formula is C27H20ClNO6. The Bertz CT molecular complexity index is 1560. The number of carbonyl (C=O) groups excluding carboxylic acids is 2. The standard InChI is InChI=1S/C27H20ClNO6/c1-14(30)15-4-8-18(9-5-15)29-24(16-6-10-21(33-2)22(12-16)34-3)23-25(31)19-13-17(28)7-11-20(19)35-26(23)27(29)32/h4-13,24H,1-3H3. The lowest BCUT2D eigenvalue weighted by Gasteiger charge is -2.26. The lowest BCUT2D eigenvalue weighted by molar-refractivity contribution is 0.0970. The van der Waals surface area contributed by atoms with E-state index in [1.165, 1.54) is 32.1 Å². The van der Waals surface area contributed by atoms with Crippen molar-refractivity contribution in [1.29, 1.82) is 0 Å². The molecule has 35 heavy (non-hydrogen) atoms. The molecule has 1 amide bonds. The number of nitrogens with zero attached hydrogens (tertiary/aromatic N) is 1. The zero-order chi connectivity index (χ0) is 24.9. The highest BCUT2D eigenvalue weighted by Crippen LogP contribution is 2.43. The average Bonchev–Trinajstić information content (AvgIpc) is 3.16. The van der Waals surface area contributed by atoms with Crippen LogP contribution < -0.4 is 19.8 Å². The summed E-state index contributed by atoms with van der Waals surface area (Å²) in [5, 5.41) is 0.664. The van der Waals surface area contributed by atoms with Gasteiger partial charge in [0.2, 0.25) is 5.76 Å². The van der Waals surface area contributed by atoms with Crippen molar-refractivity contribution in [3.8, 4) is 11.5 Å². The van der Waals surface area contributed by atoms with Crippen LogP contribution in [-0.4, -0.2) is 25.9 Å². The zero-order valence-electron chi connectivity index (χ0n) is 19.1. The first kappa shape index (κ1) is 22.7. The van der Waals surface area contributed by atoms with Crippen molar-refractivity contribution in [2.75, 3.05) is 19.1 Å². The van der Waals surface area contributed by atoms with Gasteiger partial charge in [0.05, 0.1) is 31.2 Å². The van der Waals surface area contributed by atoms with Crippen molar-refractivity contribution in [2.45, 2.75) is 13.0 Å². The topological polar surface area (TPSA) is 86.0 Å². The van der Waals surface area contributed by atoms with Crippen molar-refractivity contribution in [3.63, 3.8) is 0 Å². The van der Waals surface area contributed by atoms with Crippen LogP contribution in [0.2, 0.25) is 5.02 Å². The number of fused-ring (bicyclic) bond motifs is 2. The fraction of sp³-hybridized carbons (Fsp3) is 0.148. The number of anilines is 1. The summed E-state index contributed by atoms with van der Waals surface area (Å²) >= 11 is 6.15. The summed E-state index contributed by atoms with van der Waals surface area (Å²) in [5.41, 5.74) is 1.76. The van der Waals surface area contributed by atoms with Gasteiger partial charge in [0.25, 0.3) is 5.91 Å². The van der Waals surface area contributed by atoms with Gasteiger partial charge in [0, 0.05) is 16.3 Å². The van der Waals surface area contributed by atoms with Crippen molar-refractivity contribution >= 4 is 39.9 Å². The number of carbonyl (C=O) groups is 2. The minimum Gasteiger partial charge on any atom is -0.493 e. The molecule has 3 aromatic carbocycles. The van der Waals surface area contributed by atoms with E-state index in [0.717, 1.165) is 0 Å². The van der Waals surface area contributed by atoms with Crippen molar-refractivity contribution in [2.24, 2.45) is 0 Å². The lowest BCUT2D eigenvalue weighted by Crippen LogP contribution is -2.29. The van der Waals surface area contributed by atoms with Gasteiger partial charge in [-0.25, -0.2) is 0 Å². The number of hydrogen-bond donors (Lipinski definition) is 0. The van der Waals surface area contributed by atoms with E-state index in [-0.39, 0.29) is 33.5 Å². The molecule has 0 N–H and O–H groups in total. The molecule has 0 fully saturated rings. The quantitative estimate of drug-likeness (QED) is 0.348. The number of ether oxygens (including phenoxy) is 2. The van der Waals surface area contributed by atoms with Crippen LogP contribution >= 0.6 is 11.6 Å². The second kappa shape index (κ2) is 8.60. The molecule has 7 nitrogen and oxygen atoms in total. The van der Waals surface area contributed by atoms with Crippen LogP contribution in [0.5, 0.6) is 11.5 Å². The number of Topliss-reactive ketones (excluding diaryl/α,β-unsaturated/α-hetero) is 1. The van der Waals surface area contributed by atoms with Crippen LogP contribution in [0.4, 0.5) is 5.69 Å². The Hall–Kier alpha value is -4.10. The first-order valence-corrected chi connectivity index (χ1v) is 11.1. The maximum atomic E-state index is 13.7. The molecule has 0 spiro atoms. The van der Waals surface area contributed by atoms with E-state index in [0.29, 0.717) is 33.3 Å². The highest BCUT2D eigenvalue weighted by atomic mass is 35.5. The van der Waals surface area contributed by atoms with E-state index in [1.807, 2.05) is 0 Å². The van der Waals surface area contributed by atoms with Gasteiger partial charge in [-0.2, -0.15) is 0 Å². The summed E-state index contributed by atoms with van der Waals surface area (Å²) in [5.74, 6) is 0.357. The number of rotatable bonds is 5. The molecule has 5 rings (SSSR count). The molecule has 2 heterocycles. The summed E-state index contributed by atoms with van der Waals surface area (Å²) < 4.78 is 16.8. The molecule has 0 bridgehead atoms. The first-order chi connectivity index (χ1) is 16.8. The fourth-order valence-electron chi connectivity index (χ4n) is 4.41. The zero-order valence-corrected chi connectivity index (χ0v) is 19.9. The monoisotopic (exact) mass is 489 g/mol. The van der Waals surface area contributed by atoms with Gasteiger partial charge < -0.3 is 13.9 Å². The SMILES string of the molecule is COc1ccc(C2c3c(oc4ccc(Cl)cc4c3=O)C(=O)N2c2ccc(C(C)=O)cc2)cc1OC. The highest BCUT2D eigenvalue weighted by molar-refractivity contribution is 6.31. The maximum absolute atomic E-state index is 13.7. The average molecular weight is 490 g/mol. The summed E-state index contributed by atoms with van der Waals surface area (Å²) in [6, 6.07) is 15.8. The van der Waals surface area contributed by atoms with Crippen molar-refractivity contribution < 1.29 is 23.5 Å². The Kier molecular flexibility index (Phi) is 5.57. The van der Waals surface area contributed by atoms with Gasteiger partial charge in [-0.3, -0.25) is 19.3 Å². The summed E-state index contributed by atoms with van der Waals surface area (Å²) in [7, 11) is 3.04. The van der Waals surface area contributed by atoms with Crippen LogP contribution in [0, 0.1) is 0 Å². The Morgan fingerprint density at radius 2 is 1.66 bits per heavy atom. The van der Waals surface area contributed by atoms with Crippen molar-refractivity contribution in [1.82, 2.24) is 0 Å². The third-order valence-corrected chi connectivity index (χ3v) is 6.34. The number of halogens is 1. The van der Waals surface area contributed by atoms with Crippen LogP contribution in [0.3, 0.4) is 0 Å². The molecule has 8 heteroatoms. The van der Waals surface area contributed by atoms with E-state index < -0.39 is 11.9 Å². The number of ketones is 1. The number of amides is 1. The number of methoxy groups -OCH3 is 2. The molecule has 0 aliphatic carbocycles. The van der Waals surface area contributed by atoms with Crippen LogP contribution in [0.15, 0.2) is 69.9 Å². The smallest absolute Gasteiger partial charge is 0.295 e. The van der Waals surface area contributed by atoms with Gasteiger partial charge in [-0.05, 0) is 67.1 Å². The van der Waals surface area contributed by atoms with Gasteiger partial charge in [0.15, 0.2) is 22.7 Å². The van der Waals surface area contributed by atoms with E-state index in [2.05, 4.69) is 0 Å². The number of benzene rings is 3. The second-order valence-corrected chi connectivity index (χ2v) is 8.55. The second-order valence-electron chi connectivity index (χ2n) is 8.11. The molecule has 1 unspecified atom stereocenters. The molecule has 0 radical (unpaired) electrons. The molecule has 1 aliphatic heterocycles. The largest absolute Gasteiger partial charge is 0.493 e. The van der Waals surface area contributed by atoms with Crippen LogP contribution in [0.1, 0.15) is 45.0 Å². The first-order valence-electron chi connectivity index (χ1n) is 10.8. The Morgan fingerprint density at radius 1 is 0.943 bits per heavy atom. The lowest BCUT2D eigenvalue weighted by atomic mass is 9.97. The molecule has 176 valence electrons. The molecule has 1 aliphatic rings. The predicted octanol–water partition coefficient (Wildman–Crippen LogP) is 5.42. The van der Waals surface area contributed by atoms with Gasteiger partial charge in [0.1, 0.15) is 5.58 Å². The van der Waals surface area contributed by atoms with Gasteiger partial charge in [-0.1, -0.05) is 17.7 Å². The predicted molar refractivity (Wildman–Crippen MR) is 132 cm³/mol. The minimum absolute atomic E-state index is 0.0414. The van der Waals surface area contributed by atoms with Gasteiger partial charge in [-0.15, -0.1) is 0 Å². The minimum atomic E-state index is -0.805. The van der Waals surface area contributed by atoms with E-state index in [9.17, 15) is 14.4 Å². The molecule has 0 saturated heterocycles. The van der Waals surface area contributed by atoms with Crippen LogP contribution in [-0.2, 0) is 0 Å². The number of hydrogen-bond acceptors (Lipinski definition) is 6. The third-order valence-electron chi connectivity index (χ3n) is 6.11. The Balaban J connectivity index is 1.78. The molecule has 4 aromatic rings. The van der Waals surface area contributed by atoms with E-state index in [4.69, 9.17) is 25.5 Å². The van der Waals surface area contributed by atoms with E-state index in [1.54, 1.807) is 54.6 Å². The molecular weight excluding hydrogens is 470 g/mol. The molecule has 1 aromatic heterocycles. The molecule has 0 saturated carbocycles. The third kappa shape index (κ3) is 3.65. The normalized spacial score (nSPS) is 14.8. The Morgan fingerprint density at radius 3 is 2.31 bits per heavy atom. The molecule has 1 atom stereocenters. The Labute approximate surface area is 205 Å².